The number of hydrogen-bond acceptors (Lipinski definition) is 5. The Kier molecular flexibility index (Phi) is 7.13. The second kappa shape index (κ2) is 9.34. The molecule has 2 aromatic carbocycles. The van der Waals surface area contributed by atoms with E-state index in [2.05, 4.69) is 10.9 Å². The van der Waals surface area contributed by atoms with Gasteiger partial charge in [-0.2, -0.15) is 0 Å². The number of nitrogens with zero attached hydrogens (tertiary/aromatic N) is 1. The van der Waals surface area contributed by atoms with E-state index in [-0.39, 0.29) is 22.8 Å². The fraction of sp³-hybridized carbons (Fsp3) is 0.263. The molecular weight excluding hydrogens is 382 g/mol. The third kappa shape index (κ3) is 5.30. The van der Waals surface area contributed by atoms with Crippen LogP contribution in [0.5, 0.6) is 5.75 Å². The van der Waals surface area contributed by atoms with Gasteiger partial charge in [-0.3, -0.25) is 20.4 Å². The van der Waals surface area contributed by atoms with E-state index in [9.17, 15) is 18.0 Å². The standard InChI is InChI=1S/C19H23N3O5S/c1-22(2)28(25,26)16-9-6-8-15(13-16)19(24)21-20-18(23)12-11-14-7-4-5-10-17(14)27-3/h4-10,13H,11-12H2,1-3H3,(H,20,23)(H,21,24). The van der Waals surface area contributed by atoms with Crippen molar-refractivity contribution in [3.8, 4) is 5.75 Å². The monoisotopic (exact) mass is 405 g/mol. The summed E-state index contributed by atoms with van der Waals surface area (Å²) in [4.78, 5) is 24.2. The van der Waals surface area contributed by atoms with Crippen molar-refractivity contribution in [2.75, 3.05) is 21.2 Å². The summed E-state index contributed by atoms with van der Waals surface area (Å²) in [5.74, 6) is -0.295. The number of hydrazine groups is 1. The van der Waals surface area contributed by atoms with Gasteiger partial charge in [0.25, 0.3) is 5.91 Å². The number of benzene rings is 2. The smallest absolute Gasteiger partial charge is 0.269 e. The number of aryl methyl sites for hydroxylation is 1. The Morgan fingerprint density at radius 1 is 1.04 bits per heavy atom. The number of hydrogen-bond donors (Lipinski definition) is 2. The Morgan fingerprint density at radius 2 is 1.75 bits per heavy atom. The summed E-state index contributed by atoms with van der Waals surface area (Å²) in [6.45, 7) is 0. The van der Waals surface area contributed by atoms with Crippen LogP contribution in [-0.4, -0.2) is 45.7 Å². The second-order valence-corrected chi connectivity index (χ2v) is 8.28. The topological polar surface area (TPSA) is 105 Å². The summed E-state index contributed by atoms with van der Waals surface area (Å²) in [7, 11) is 0.717. The Bertz CT molecular complexity index is 958. The van der Waals surface area contributed by atoms with Crippen LogP contribution in [0.15, 0.2) is 53.4 Å². The lowest BCUT2D eigenvalue weighted by molar-refractivity contribution is -0.121. The summed E-state index contributed by atoms with van der Waals surface area (Å²) in [6, 6.07) is 13.0. The van der Waals surface area contributed by atoms with Gasteiger partial charge in [0.1, 0.15) is 5.75 Å². The lowest BCUT2D eigenvalue weighted by atomic mass is 10.1. The highest BCUT2D eigenvalue weighted by Gasteiger charge is 2.19. The van der Waals surface area contributed by atoms with Crippen LogP contribution in [0.4, 0.5) is 0 Å². The number of rotatable bonds is 7. The van der Waals surface area contributed by atoms with Gasteiger partial charge in [-0.25, -0.2) is 12.7 Å². The number of amides is 2. The molecule has 0 radical (unpaired) electrons. The Labute approximate surface area is 164 Å². The minimum Gasteiger partial charge on any atom is -0.496 e. The zero-order valence-corrected chi connectivity index (χ0v) is 16.7. The van der Waals surface area contributed by atoms with Crippen LogP contribution < -0.4 is 15.6 Å². The fourth-order valence-corrected chi connectivity index (χ4v) is 3.38. The van der Waals surface area contributed by atoms with Gasteiger partial charge in [-0.05, 0) is 36.2 Å². The Morgan fingerprint density at radius 3 is 2.43 bits per heavy atom. The third-order valence-corrected chi connectivity index (χ3v) is 5.82. The van der Waals surface area contributed by atoms with Crippen molar-refractivity contribution in [1.82, 2.24) is 15.2 Å². The van der Waals surface area contributed by atoms with E-state index in [1.165, 1.54) is 38.4 Å². The molecule has 0 saturated heterocycles. The van der Waals surface area contributed by atoms with E-state index < -0.39 is 15.9 Å². The van der Waals surface area contributed by atoms with E-state index in [1.807, 2.05) is 24.3 Å². The minimum atomic E-state index is -3.66. The molecule has 2 amide bonds. The van der Waals surface area contributed by atoms with Crippen molar-refractivity contribution >= 4 is 21.8 Å². The molecule has 0 aliphatic rings. The second-order valence-electron chi connectivity index (χ2n) is 6.13. The molecule has 0 aliphatic carbocycles. The van der Waals surface area contributed by atoms with Crippen LogP contribution >= 0.6 is 0 Å². The number of ether oxygens (including phenoxy) is 1. The lowest BCUT2D eigenvalue weighted by Crippen LogP contribution is -2.41. The molecule has 0 saturated carbocycles. The molecule has 2 aromatic rings. The van der Waals surface area contributed by atoms with Gasteiger partial charge in [0, 0.05) is 26.1 Å². The maximum absolute atomic E-state index is 12.2. The van der Waals surface area contributed by atoms with Crippen molar-refractivity contribution in [2.45, 2.75) is 17.7 Å². The van der Waals surface area contributed by atoms with Crippen LogP contribution in [0.2, 0.25) is 0 Å². The molecule has 0 bridgehead atoms. The van der Waals surface area contributed by atoms with E-state index in [4.69, 9.17) is 4.74 Å². The summed E-state index contributed by atoms with van der Waals surface area (Å²) in [5, 5.41) is 0. The zero-order valence-electron chi connectivity index (χ0n) is 15.9. The molecule has 0 unspecified atom stereocenters. The van der Waals surface area contributed by atoms with Crippen molar-refractivity contribution < 1.29 is 22.7 Å². The first kappa shape index (κ1) is 21.4. The molecule has 0 heterocycles. The molecular formula is C19H23N3O5S. The zero-order chi connectivity index (χ0) is 20.7. The molecule has 2 rings (SSSR count). The SMILES string of the molecule is COc1ccccc1CCC(=O)NNC(=O)c1cccc(S(=O)(=O)N(C)C)c1. The number of sulfonamides is 1. The van der Waals surface area contributed by atoms with Gasteiger partial charge in [-0.1, -0.05) is 24.3 Å². The predicted octanol–water partition coefficient (Wildman–Crippen LogP) is 1.34. The number of nitrogens with one attached hydrogen (secondary N) is 2. The first-order valence-corrected chi connectivity index (χ1v) is 9.93. The van der Waals surface area contributed by atoms with Gasteiger partial charge in [-0.15, -0.1) is 0 Å². The van der Waals surface area contributed by atoms with Crippen molar-refractivity contribution in [1.29, 1.82) is 0 Å². The van der Waals surface area contributed by atoms with Crippen LogP contribution in [0.3, 0.4) is 0 Å². The quantitative estimate of drug-likeness (QED) is 0.677. The Hall–Kier alpha value is -2.91. The normalized spacial score (nSPS) is 11.1. The summed E-state index contributed by atoms with van der Waals surface area (Å²) in [5.41, 5.74) is 5.62. The predicted molar refractivity (Wildman–Crippen MR) is 104 cm³/mol. The summed E-state index contributed by atoms with van der Waals surface area (Å²) in [6.07, 6.45) is 0.595. The maximum atomic E-state index is 12.2. The highest BCUT2D eigenvalue weighted by atomic mass is 32.2. The van der Waals surface area contributed by atoms with Crippen molar-refractivity contribution in [2.24, 2.45) is 0 Å². The molecule has 2 N–H and O–H groups in total. The van der Waals surface area contributed by atoms with Crippen LogP contribution in [0, 0.1) is 0 Å². The van der Waals surface area contributed by atoms with Crippen LogP contribution in [0.25, 0.3) is 0 Å². The Balaban J connectivity index is 1.94. The third-order valence-electron chi connectivity index (χ3n) is 4.00. The van der Waals surface area contributed by atoms with Gasteiger partial charge in [0.05, 0.1) is 12.0 Å². The number of para-hydroxylation sites is 1. The number of carbonyl (C=O) groups is 2. The van der Waals surface area contributed by atoms with Gasteiger partial charge < -0.3 is 4.74 Å². The summed E-state index contributed by atoms with van der Waals surface area (Å²) >= 11 is 0. The molecule has 8 nitrogen and oxygen atoms in total. The van der Waals surface area contributed by atoms with E-state index in [0.717, 1.165) is 9.87 Å². The van der Waals surface area contributed by atoms with E-state index >= 15 is 0 Å². The molecule has 0 fully saturated rings. The first-order chi connectivity index (χ1) is 13.3. The molecule has 0 spiro atoms. The molecule has 150 valence electrons. The van der Waals surface area contributed by atoms with E-state index in [0.29, 0.717) is 12.2 Å². The highest BCUT2D eigenvalue weighted by Crippen LogP contribution is 2.18. The van der Waals surface area contributed by atoms with Crippen LogP contribution in [-0.2, 0) is 21.2 Å². The van der Waals surface area contributed by atoms with Gasteiger partial charge in [0.2, 0.25) is 15.9 Å². The fourth-order valence-electron chi connectivity index (χ4n) is 2.43. The number of methoxy groups -OCH3 is 1. The molecule has 9 heteroatoms. The maximum Gasteiger partial charge on any atom is 0.269 e. The molecule has 28 heavy (non-hydrogen) atoms. The average Bonchev–Trinajstić information content (AvgIpc) is 2.70. The lowest BCUT2D eigenvalue weighted by Gasteiger charge is -2.12. The summed E-state index contributed by atoms with van der Waals surface area (Å²) < 4.78 is 30.6. The number of carbonyl (C=O) groups excluding carboxylic acids is 2. The van der Waals surface area contributed by atoms with Gasteiger partial charge >= 0.3 is 0 Å². The van der Waals surface area contributed by atoms with Crippen molar-refractivity contribution in [3.63, 3.8) is 0 Å². The molecule has 0 atom stereocenters. The van der Waals surface area contributed by atoms with Crippen molar-refractivity contribution in [3.05, 3.63) is 59.7 Å². The first-order valence-electron chi connectivity index (χ1n) is 8.49. The highest BCUT2D eigenvalue weighted by molar-refractivity contribution is 7.89. The minimum absolute atomic E-state index is 0.00681. The molecule has 0 aromatic heterocycles. The average molecular weight is 405 g/mol. The molecule has 0 aliphatic heterocycles. The van der Waals surface area contributed by atoms with E-state index in [1.54, 1.807) is 7.11 Å². The largest absolute Gasteiger partial charge is 0.496 e. The van der Waals surface area contributed by atoms with Gasteiger partial charge in [0.15, 0.2) is 0 Å². The van der Waals surface area contributed by atoms with Crippen LogP contribution in [0.1, 0.15) is 22.3 Å².